The third-order valence-electron chi connectivity index (χ3n) is 2.20. The van der Waals surface area contributed by atoms with Crippen molar-refractivity contribution in [3.05, 3.63) is 0 Å². The van der Waals surface area contributed by atoms with Gasteiger partial charge >= 0.3 is 5.97 Å². The molecular weight excluding hydrogens is 204 g/mol. The highest BCUT2D eigenvalue weighted by Gasteiger charge is 2.30. The molecule has 0 bridgehead atoms. The molecule has 5 nitrogen and oxygen atoms in total. The molecule has 1 rings (SSSR count). The highest BCUT2D eigenvalue weighted by Crippen LogP contribution is 2.13. The first-order valence-electron chi connectivity index (χ1n) is 4.40. The molecule has 1 aliphatic rings. The second-order valence-corrected chi connectivity index (χ2v) is 4.38. The predicted octanol–water partition coefficient (Wildman–Crippen LogP) is -0.638. The number of carboxylic acids is 1. The largest absolute Gasteiger partial charge is 0.480 e. The lowest BCUT2D eigenvalue weighted by atomic mass is 10.2. The van der Waals surface area contributed by atoms with Gasteiger partial charge in [0.15, 0.2) is 0 Å². The average Bonchev–Trinajstić information content (AvgIpc) is 2.29. The van der Waals surface area contributed by atoms with Crippen molar-refractivity contribution < 1.29 is 14.7 Å². The smallest absolute Gasteiger partial charge is 0.326 e. The van der Waals surface area contributed by atoms with E-state index in [0.717, 1.165) is 5.75 Å². The summed E-state index contributed by atoms with van der Waals surface area (Å²) in [6.45, 7) is 1.97. The van der Waals surface area contributed by atoms with Crippen LogP contribution in [0.2, 0.25) is 0 Å². The zero-order valence-electron chi connectivity index (χ0n) is 7.97. The van der Waals surface area contributed by atoms with Gasteiger partial charge in [0.1, 0.15) is 6.04 Å². The van der Waals surface area contributed by atoms with Crippen molar-refractivity contribution in [3.63, 3.8) is 0 Å². The number of carbonyl (C=O) groups is 2. The van der Waals surface area contributed by atoms with Gasteiger partial charge in [-0.25, -0.2) is 4.79 Å². The number of rotatable bonds is 2. The minimum absolute atomic E-state index is 0.259. The third kappa shape index (κ3) is 2.39. The zero-order valence-corrected chi connectivity index (χ0v) is 8.79. The maximum absolute atomic E-state index is 11.6. The summed E-state index contributed by atoms with van der Waals surface area (Å²) in [6.07, 6.45) is 0. The number of nitrogens with zero attached hydrogens (tertiary/aromatic N) is 1. The lowest BCUT2D eigenvalue weighted by Gasteiger charge is -2.25. The molecule has 2 atom stereocenters. The normalized spacial score (nSPS) is 25.7. The average molecular weight is 218 g/mol. The molecule has 1 saturated heterocycles. The summed E-state index contributed by atoms with van der Waals surface area (Å²) in [4.78, 5) is 23.7. The number of amides is 1. The third-order valence-corrected chi connectivity index (χ3v) is 3.27. The Hall–Kier alpha value is -0.750. The van der Waals surface area contributed by atoms with Crippen LogP contribution in [0.1, 0.15) is 6.92 Å². The molecule has 80 valence electrons. The van der Waals surface area contributed by atoms with Gasteiger partial charge in [0.25, 0.3) is 0 Å². The molecule has 6 heteroatoms. The number of carboxylic acid groups (broad SMARTS) is 1. The van der Waals surface area contributed by atoms with Gasteiger partial charge in [0.05, 0.1) is 6.04 Å². The Morgan fingerprint density at radius 3 is 3.00 bits per heavy atom. The summed E-state index contributed by atoms with van der Waals surface area (Å²) < 4.78 is 0. The van der Waals surface area contributed by atoms with Gasteiger partial charge in [0.2, 0.25) is 5.91 Å². The van der Waals surface area contributed by atoms with Crippen LogP contribution in [0.3, 0.4) is 0 Å². The van der Waals surface area contributed by atoms with E-state index >= 15 is 0 Å². The van der Waals surface area contributed by atoms with Gasteiger partial charge in [-0.15, -0.1) is 0 Å². The van der Waals surface area contributed by atoms with Crippen LogP contribution in [0.15, 0.2) is 0 Å². The first-order chi connectivity index (χ1) is 6.54. The van der Waals surface area contributed by atoms with Crippen LogP contribution in [0.5, 0.6) is 0 Å². The molecule has 0 saturated carbocycles. The van der Waals surface area contributed by atoms with E-state index in [1.54, 1.807) is 11.8 Å². The van der Waals surface area contributed by atoms with Crippen LogP contribution in [0.25, 0.3) is 0 Å². The maximum Gasteiger partial charge on any atom is 0.326 e. The summed E-state index contributed by atoms with van der Waals surface area (Å²) >= 11 is 1.58. The second kappa shape index (κ2) is 4.65. The van der Waals surface area contributed by atoms with Crippen molar-refractivity contribution in [2.75, 3.05) is 18.1 Å². The molecule has 1 amide bonds. The van der Waals surface area contributed by atoms with Crippen molar-refractivity contribution in [1.29, 1.82) is 0 Å². The zero-order chi connectivity index (χ0) is 10.7. The highest BCUT2D eigenvalue weighted by atomic mass is 32.2. The molecule has 0 aromatic rings. The summed E-state index contributed by atoms with van der Waals surface area (Å²) in [5.41, 5.74) is 5.60. The lowest BCUT2D eigenvalue weighted by molar-refractivity contribution is -0.149. The first kappa shape index (κ1) is 11.3. The van der Waals surface area contributed by atoms with Gasteiger partial charge in [-0.1, -0.05) is 0 Å². The van der Waals surface area contributed by atoms with Gasteiger partial charge in [-0.2, -0.15) is 11.8 Å². The summed E-state index contributed by atoms with van der Waals surface area (Å²) in [6, 6.07) is -1.35. The Morgan fingerprint density at radius 1 is 1.79 bits per heavy atom. The van der Waals surface area contributed by atoms with Crippen LogP contribution >= 0.6 is 11.8 Å². The molecular formula is C8H14N2O3S. The van der Waals surface area contributed by atoms with Crippen molar-refractivity contribution in [1.82, 2.24) is 4.90 Å². The number of hydrogen-bond donors (Lipinski definition) is 2. The van der Waals surface area contributed by atoms with Crippen LogP contribution < -0.4 is 5.73 Å². The molecule has 0 aromatic heterocycles. The van der Waals surface area contributed by atoms with E-state index in [0.29, 0.717) is 12.3 Å². The fourth-order valence-corrected chi connectivity index (χ4v) is 2.17. The summed E-state index contributed by atoms with van der Waals surface area (Å²) in [5.74, 6) is 0.0704. The Kier molecular flexibility index (Phi) is 3.77. The monoisotopic (exact) mass is 218 g/mol. The standard InChI is InChI=1S/C8H14N2O3S/c1-5(8(12)13)10-2-3-14-4-6(9)7(10)11/h5-6H,2-4,9H2,1H3,(H,12,13). The number of nitrogens with two attached hydrogens (primary N) is 1. The van der Waals surface area contributed by atoms with E-state index in [9.17, 15) is 9.59 Å². The van der Waals surface area contributed by atoms with Gasteiger partial charge in [-0.05, 0) is 6.92 Å². The van der Waals surface area contributed by atoms with E-state index in [4.69, 9.17) is 10.8 Å². The minimum Gasteiger partial charge on any atom is -0.480 e. The summed E-state index contributed by atoms with van der Waals surface area (Å²) in [7, 11) is 0. The van der Waals surface area contributed by atoms with Crippen molar-refractivity contribution >= 4 is 23.6 Å². The van der Waals surface area contributed by atoms with Crippen molar-refractivity contribution in [2.45, 2.75) is 19.0 Å². The number of thioether (sulfide) groups is 1. The number of aliphatic carboxylic acids is 1. The molecule has 1 fully saturated rings. The molecule has 0 aromatic carbocycles. The quantitative estimate of drug-likeness (QED) is 0.644. The summed E-state index contributed by atoms with van der Waals surface area (Å²) in [5, 5.41) is 8.79. The topological polar surface area (TPSA) is 83.6 Å². The fraction of sp³-hybridized carbons (Fsp3) is 0.750. The van der Waals surface area contributed by atoms with Crippen LogP contribution in [-0.2, 0) is 9.59 Å². The van der Waals surface area contributed by atoms with Crippen LogP contribution in [-0.4, -0.2) is 52.0 Å². The number of hydrogen-bond acceptors (Lipinski definition) is 4. The predicted molar refractivity (Wildman–Crippen MR) is 54.1 cm³/mol. The molecule has 1 heterocycles. The lowest BCUT2D eigenvalue weighted by Crippen LogP contribution is -2.50. The van der Waals surface area contributed by atoms with E-state index in [-0.39, 0.29) is 5.91 Å². The first-order valence-corrected chi connectivity index (χ1v) is 5.56. The van der Waals surface area contributed by atoms with E-state index in [1.807, 2.05) is 0 Å². The van der Waals surface area contributed by atoms with E-state index < -0.39 is 18.1 Å². The molecule has 14 heavy (non-hydrogen) atoms. The maximum atomic E-state index is 11.6. The molecule has 1 aliphatic heterocycles. The number of carbonyl (C=O) groups excluding carboxylic acids is 1. The van der Waals surface area contributed by atoms with E-state index in [2.05, 4.69) is 0 Å². The Labute approximate surface area is 86.6 Å². The van der Waals surface area contributed by atoms with Crippen LogP contribution in [0.4, 0.5) is 0 Å². The van der Waals surface area contributed by atoms with Gasteiger partial charge < -0.3 is 15.7 Å². The van der Waals surface area contributed by atoms with Crippen molar-refractivity contribution in [2.24, 2.45) is 5.73 Å². The second-order valence-electron chi connectivity index (χ2n) is 3.23. The van der Waals surface area contributed by atoms with Crippen molar-refractivity contribution in [3.8, 4) is 0 Å². The molecule has 3 N–H and O–H groups in total. The molecule has 0 spiro atoms. The Bertz CT molecular complexity index is 247. The van der Waals surface area contributed by atoms with Crippen LogP contribution in [0, 0.1) is 0 Å². The van der Waals surface area contributed by atoms with Gasteiger partial charge in [0, 0.05) is 18.1 Å². The van der Waals surface area contributed by atoms with Gasteiger partial charge in [-0.3, -0.25) is 4.79 Å². The van der Waals surface area contributed by atoms with E-state index in [1.165, 1.54) is 11.8 Å². The fourth-order valence-electron chi connectivity index (χ4n) is 1.29. The molecule has 2 unspecified atom stereocenters. The Balaban J connectivity index is 2.74. The molecule has 0 radical (unpaired) electrons. The Morgan fingerprint density at radius 2 is 2.43 bits per heavy atom. The SMILES string of the molecule is CC(C(=O)O)N1CCSCC(N)C1=O. The molecule has 0 aliphatic carbocycles. The minimum atomic E-state index is -0.988. The highest BCUT2D eigenvalue weighted by molar-refractivity contribution is 7.99.